The molecule has 4 heterocycles. The van der Waals surface area contributed by atoms with E-state index >= 15 is 0 Å². The molecule has 0 radical (unpaired) electrons. The second-order valence-corrected chi connectivity index (χ2v) is 22.8. The molecule has 2 aromatic rings. The van der Waals surface area contributed by atoms with Crippen LogP contribution in [0.1, 0.15) is 184 Å². The summed E-state index contributed by atoms with van der Waals surface area (Å²) in [5.41, 5.74) is -1.42. The van der Waals surface area contributed by atoms with Gasteiger partial charge in [0.25, 0.3) is 0 Å². The lowest BCUT2D eigenvalue weighted by molar-refractivity contribution is -0.266. The first-order valence-electron chi connectivity index (χ1n) is 29.3. The first-order valence-corrected chi connectivity index (χ1v) is 30.3. The molecule has 1 aromatic heterocycles. The van der Waals surface area contributed by atoms with Gasteiger partial charge in [-0.3, -0.25) is 9.59 Å². The minimum Gasteiger partial charge on any atom is -0.477 e. The third-order valence-electron chi connectivity index (χ3n) is 15.6. The number of nitrogens with zero attached hydrogens (tertiary/aromatic N) is 2. The molecule has 3 aliphatic rings. The van der Waals surface area contributed by atoms with Gasteiger partial charge in [0.1, 0.15) is 17.3 Å². The lowest BCUT2D eigenvalue weighted by Gasteiger charge is -2.43. The standard InChI is InChI=1S/C29H57NO8.C26H36N2O5S.2C2H6.CH4O/c1-10-21-16-18(4)36-24(17-21)38-26(28(7,34)14-13-15-30-9)19(5)25(32)20(6)27(33)37-23(12-3)29(8,35)22(31)11-2;1-16-7-10-32-18(3)25(16)33-11-8-27(4)9-12-34-20-13-19-6-5-17(2)28-15-22(26(30)31)24(29)21(14-20)23(19)28;3*1-2/h18-26,30-32,34-35H,10-17H2,1-9H3;13-18,25H,5-12H2,1-4H3,(H,30,31);2*1-2H3;2H,1H3/t18?,19-,20?,21-,22-,23+,24?,25-,26+,28+,29-;16?,17?,18-,25+;;;/m00.../s1. The number of likely N-dealkylation sites (N-methyl/N-ethyl adjacent to an activating group) is 1. The van der Waals surface area contributed by atoms with Gasteiger partial charge in [-0.2, -0.15) is 0 Å². The molecule has 15 atom stereocenters. The number of hydrogen-bond donors (Lipinski definition) is 7. The first-order chi connectivity index (χ1) is 36.9. The zero-order valence-electron chi connectivity index (χ0n) is 51.3. The molecule has 0 saturated carbocycles. The molecule has 5 unspecified atom stereocenters. The van der Waals surface area contributed by atoms with Crippen molar-refractivity contribution in [1.82, 2.24) is 14.8 Å². The number of carbonyl (C=O) groups is 2. The summed E-state index contributed by atoms with van der Waals surface area (Å²) in [6.07, 6.45) is 4.64. The number of aliphatic hydroxyl groups is 5. The van der Waals surface area contributed by atoms with Crippen LogP contribution in [0.4, 0.5) is 0 Å². The van der Waals surface area contributed by atoms with Crippen LogP contribution < -0.4 is 10.7 Å². The number of rotatable bonds is 26. The summed E-state index contributed by atoms with van der Waals surface area (Å²) < 4.78 is 31.9. The van der Waals surface area contributed by atoms with Crippen molar-refractivity contribution in [3.63, 3.8) is 0 Å². The van der Waals surface area contributed by atoms with Gasteiger partial charge in [0.2, 0.25) is 5.43 Å². The number of benzene rings is 1. The number of aliphatic hydroxyl groups excluding tert-OH is 3. The Balaban J connectivity index is 0.000000714. The molecule has 7 N–H and O–H groups in total. The van der Waals surface area contributed by atoms with Crippen molar-refractivity contribution < 1.29 is 63.9 Å². The Hall–Kier alpha value is -2.72. The predicted octanol–water partition coefficient (Wildman–Crippen LogP) is 8.87. The molecule has 0 spiro atoms. The van der Waals surface area contributed by atoms with Crippen LogP contribution in [0.15, 0.2) is 28.0 Å². The van der Waals surface area contributed by atoms with Gasteiger partial charge in [0, 0.05) is 67.4 Å². The molecule has 1 aromatic carbocycles. The Morgan fingerprint density at radius 3 is 2.21 bits per heavy atom. The molecule has 18 heteroatoms. The Kier molecular flexibility index (Phi) is 34.5. The van der Waals surface area contributed by atoms with E-state index in [1.807, 2.05) is 52.3 Å². The molecule has 0 amide bonds. The summed E-state index contributed by atoms with van der Waals surface area (Å²) in [5.74, 6) is -1.59. The number of carboxylic acid groups (broad SMARTS) is 1. The predicted molar refractivity (Wildman–Crippen MR) is 314 cm³/mol. The number of nitrogens with one attached hydrogen (secondary N) is 1. The zero-order chi connectivity index (χ0) is 59.7. The van der Waals surface area contributed by atoms with Gasteiger partial charge >= 0.3 is 11.9 Å². The summed E-state index contributed by atoms with van der Waals surface area (Å²) in [5, 5.41) is 64.1. The van der Waals surface area contributed by atoms with E-state index in [-0.39, 0.29) is 35.3 Å². The molecular formula is C60H109N3O14S. The average molecular weight is 1130 g/mol. The lowest BCUT2D eigenvalue weighted by Crippen LogP contribution is -2.54. The molecule has 5 rings (SSSR count). The number of thioether (sulfide) groups is 1. The lowest BCUT2D eigenvalue weighted by atomic mass is 9.79. The summed E-state index contributed by atoms with van der Waals surface area (Å²) in [6.45, 7) is 32.5. The SMILES string of the molecule is CC.CC.CC1CCO[C@@H](C)[C@@H]1OCCN(C)CCSc1cc2c3c(c1)c(=O)c(C(=O)O)cn3C(C)CC2.CC[C@H]1CC(C)OC(O[C@H]([C@@H](C)[C@H](O)C(C)C(=O)O[C@H](CC)[C@@](C)(O)[C@@H](O)CC)[C@](C)(O)CCCNC)C1.CO. The van der Waals surface area contributed by atoms with Crippen LogP contribution in [0.25, 0.3) is 10.9 Å². The van der Waals surface area contributed by atoms with Crippen molar-refractivity contribution in [3.8, 4) is 0 Å². The third kappa shape index (κ3) is 21.2. The van der Waals surface area contributed by atoms with Gasteiger partial charge in [-0.05, 0) is 143 Å². The summed E-state index contributed by atoms with van der Waals surface area (Å²) >= 11 is 1.71. The minimum atomic E-state index is -1.62. The molecule has 0 bridgehead atoms. The number of aryl methyl sites for hydroxylation is 1. The molecule has 2 saturated heterocycles. The van der Waals surface area contributed by atoms with E-state index in [9.17, 15) is 39.9 Å². The highest BCUT2D eigenvalue weighted by Crippen LogP contribution is 2.37. The zero-order valence-corrected chi connectivity index (χ0v) is 52.1. The van der Waals surface area contributed by atoms with Gasteiger partial charge in [0.05, 0.1) is 60.3 Å². The topological polar surface area (TPSA) is 239 Å². The van der Waals surface area contributed by atoms with Gasteiger partial charge < -0.3 is 69.1 Å². The van der Waals surface area contributed by atoms with E-state index in [2.05, 4.69) is 51.0 Å². The Labute approximate surface area is 473 Å². The number of ether oxygens (including phenoxy) is 5. The minimum absolute atomic E-state index is 0.0277. The molecule has 0 aliphatic carbocycles. The molecule has 17 nitrogen and oxygen atoms in total. The van der Waals surface area contributed by atoms with Crippen LogP contribution in [0.3, 0.4) is 0 Å². The van der Waals surface area contributed by atoms with Crippen LogP contribution in [0, 0.1) is 23.7 Å². The van der Waals surface area contributed by atoms with Crippen molar-refractivity contribution in [2.45, 2.75) is 239 Å². The van der Waals surface area contributed by atoms with E-state index < -0.39 is 65.7 Å². The quantitative estimate of drug-likeness (QED) is 0.0264. The molecule has 78 heavy (non-hydrogen) atoms. The number of aromatic carboxylic acids is 1. The maximum Gasteiger partial charge on any atom is 0.341 e. The highest BCUT2D eigenvalue weighted by atomic mass is 32.2. The monoisotopic (exact) mass is 1130 g/mol. The normalized spacial score (nSPS) is 24.7. The Morgan fingerprint density at radius 2 is 1.63 bits per heavy atom. The van der Waals surface area contributed by atoms with Crippen LogP contribution in [-0.2, 0) is 34.9 Å². The van der Waals surface area contributed by atoms with Crippen LogP contribution in [0.2, 0.25) is 0 Å². The van der Waals surface area contributed by atoms with E-state index in [1.165, 1.54) is 13.1 Å². The summed E-state index contributed by atoms with van der Waals surface area (Å²) in [6, 6.07) is 4.22. The maximum absolute atomic E-state index is 13.1. The first kappa shape index (κ1) is 73.3. The number of carbonyl (C=O) groups excluding carboxylic acids is 1. The van der Waals surface area contributed by atoms with Crippen molar-refractivity contribution in [2.24, 2.45) is 23.7 Å². The van der Waals surface area contributed by atoms with E-state index in [1.54, 1.807) is 46.4 Å². The van der Waals surface area contributed by atoms with Crippen molar-refractivity contribution in [3.05, 3.63) is 39.7 Å². The molecular weight excluding hydrogens is 1020 g/mol. The third-order valence-corrected chi connectivity index (χ3v) is 16.6. The van der Waals surface area contributed by atoms with Crippen molar-refractivity contribution in [1.29, 1.82) is 0 Å². The Bertz CT molecular complexity index is 2060. The fraction of sp³-hybridized carbons (Fsp3) is 0.817. The Morgan fingerprint density at radius 1 is 0.974 bits per heavy atom. The highest BCUT2D eigenvalue weighted by molar-refractivity contribution is 7.99. The average Bonchev–Trinajstić information content (AvgIpc) is 3.43. The highest BCUT2D eigenvalue weighted by Gasteiger charge is 2.46. The van der Waals surface area contributed by atoms with E-state index in [4.69, 9.17) is 28.8 Å². The number of carboxylic acids is 1. The maximum atomic E-state index is 13.1. The van der Waals surface area contributed by atoms with Crippen molar-refractivity contribution >= 4 is 34.6 Å². The summed E-state index contributed by atoms with van der Waals surface area (Å²) in [4.78, 5) is 41.0. The number of aromatic nitrogens is 1. The van der Waals surface area contributed by atoms with E-state index in [0.717, 1.165) is 87.2 Å². The fourth-order valence-corrected chi connectivity index (χ4v) is 11.8. The second kappa shape index (κ2) is 36.7. The van der Waals surface area contributed by atoms with Gasteiger partial charge in [-0.1, -0.05) is 68.7 Å². The van der Waals surface area contributed by atoms with E-state index in [0.29, 0.717) is 55.9 Å². The summed E-state index contributed by atoms with van der Waals surface area (Å²) in [7, 11) is 4.95. The van der Waals surface area contributed by atoms with Gasteiger partial charge in [-0.15, -0.1) is 11.8 Å². The molecule has 454 valence electrons. The number of pyridine rings is 1. The van der Waals surface area contributed by atoms with Crippen LogP contribution in [-0.4, -0.2) is 172 Å². The molecule has 3 aliphatic heterocycles. The van der Waals surface area contributed by atoms with Crippen LogP contribution in [0.5, 0.6) is 0 Å². The molecule has 2 fully saturated rings. The second-order valence-electron chi connectivity index (χ2n) is 21.6. The van der Waals surface area contributed by atoms with Crippen molar-refractivity contribution in [2.75, 3.05) is 59.8 Å². The largest absolute Gasteiger partial charge is 0.477 e. The number of hydrogen-bond acceptors (Lipinski definition) is 16. The smallest absolute Gasteiger partial charge is 0.341 e. The van der Waals surface area contributed by atoms with Gasteiger partial charge in [0.15, 0.2) is 6.29 Å². The van der Waals surface area contributed by atoms with Crippen LogP contribution >= 0.6 is 11.8 Å². The number of esters is 1. The van der Waals surface area contributed by atoms with Gasteiger partial charge in [-0.25, -0.2) is 4.79 Å². The fourth-order valence-electron chi connectivity index (χ4n) is 10.7.